The number of aryl methyl sites for hydroxylation is 2. The van der Waals surface area contributed by atoms with Crippen LogP contribution in [0.4, 0.5) is 5.95 Å². The molecule has 3 N–H and O–H groups in total. The largest absolute Gasteiger partial charge is 0.351 e. The summed E-state index contributed by atoms with van der Waals surface area (Å²) in [6.07, 6.45) is 1.85. The lowest BCUT2D eigenvalue weighted by Gasteiger charge is -2.26. The predicted octanol–water partition coefficient (Wildman–Crippen LogP) is 1.42. The summed E-state index contributed by atoms with van der Waals surface area (Å²) in [5.41, 5.74) is 7.73. The van der Waals surface area contributed by atoms with E-state index in [4.69, 9.17) is 5.73 Å². The SMILES string of the molecule is CCC(N)(CC)CNc1nnc(C)c(C)n1. The van der Waals surface area contributed by atoms with Gasteiger partial charge in [0.25, 0.3) is 0 Å². The number of nitrogens with one attached hydrogen (secondary N) is 1. The zero-order valence-electron chi connectivity index (χ0n) is 10.5. The molecule has 0 spiro atoms. The van der Waals surface area contributed by atoms with E-state index in [1.54, 1.807) is 0 Å². The first-order chi connectivity index (χ1) is 7.50. The summed E-state index contributed by atoms with van der Waals surface area (Å²) in [5.74, 6) is 0.555. The maximum atomic E-state index is 6.17. The van der Waals surface area contributed by atoms with Crippen LogP contribution in [0.15, 0.2) is 0 Å². The van der Waals surface area contributed by atoms with Crippen LogP contribution in [0, 0.1) is 13.8 Å². The molecular weight excluding hydrogens is 202 g/mol. The molecule has 0 atom stereocenters. The quantitative estimate of drug-likeness (QED) is 0.789. The smallest absolute Gasteiger partial charge is 0.243 e. The monoisotopic (exact) mass is 223 g/mol. The van der Waals surface area contributed by atoms with Gasteiger partial charge in [0.05, 0.1) is 11.4 Å². The molecule has 0 aliphatic heterocycles. The highest BCUT2D eigenvalue weighted by Gasteiger charge is 2.20. The van der Waals surface area contributed by atoms with E-state index in [1.807, 2.05) is 13.8 Å². The number of hydrogen-bond acceptors (Lipinski definition) is 5. The standard InChI is InChI=1S/C11H21N5/c1-5-11(12,6-2)7-13-10-14-8(3)9(4)15-16-10/h5-7,12H2,1-4H3,(H,13,14,16). The molecule has 1 heterocycles. The maximum absolute atomic E-state index is 6.17. The second-order valence-corrected chi connectivity index (χ2v) is 4.23. The van der Waals surface area contributed by atoms with E-state index in [1.165, 1.54) is 0 Å². The number of nitrogens with two attached hydrogens (primary N) is 1. The Bertz CT molecular complexity index is 346. The van der Waals surface area contributed by atoms with Gasteiger partial charge in [-0.05, 0) is 26.7 Å². The van der Waals surface area contributed by atoms with E-state index in [0.29, 0.717) is 12.5 Å². The third-order valence-electron chi connectivity index (χ3n) is 3.10. The van der Waals surface area contributed by atoms with Crippen LogP contribution < -0.4 is 11.1 Å². The van der Waals surface area contributed by atoms with Crippen molar-refractivity contribution in [2.45, 2.75) is 46.1 Å². The van der Waals surface area contributed by atoms with Crippen LogP contribution in [0.1, 0.15) is 38.1 Å². The molecule has 0 radical (unpaired) electrons. The molecule has 5 heteroatoms. The highest BCUT2D eigenvalue weighted by molar-refractivity contribution is 5.25. The van der Waals surface area contributed by atoms with Crippen molar-refractivity contribution >= 4 is 5.95 Å². The van der Waals surface area contributed by atoms with E-state index in [-0.39, 0.29) is 5.54 Å². The minimum atomic E-state index is -0.192. The van der Waals surface area contributed by atoms with Gasteiger partial charge in [-0.2, -0.15) is 5.10 Å². The fraction of sp³-hybridized carbons (Fsp3) is 0.727. The molecule has 0 saturated heterocycles. The lowest BCUT2D eigenvalue weighted by molar-refractivity contribution is 0.417. The van der Waals surface area contributed by atoms with Gasteiger partial charge in [0.1, 0.15) is 0 Å². The molecule has 90 valence electrons. The Morgan fingerprint density at radius 1 is 1.12 bits per heavy atom. The molecule has 1 aromatic heterocycles. The van der Waals surface area contributed by atoms with Crippen LogP contribution in [0.2, 0.25) is 0 Å². The molecule has 1 aromatic rings. The van der Waals surface area contributed by atoms with E-state index < -0.39 is 0 Å². The normalized spacial score (nSPS) is 11.6. The Labute approximate surface area is 96.9 Å². The molecule has 0 aromatic carbocycles. The van der Waals surface area contributed by atoms with Crippen LogP contribution in [0.25, 0.3) is 0 Å². The van der Waals surface area contributed by atoms with Crippen LogP contribution in [0.5, 0.6) is 0 Å². The Balaban J connectivity index is 2.64. The van der Waals surface area contributed by atoms with E-state index >= 15 is 0 Å². The molecule has 0 aliphatic rings. The van der Waals surface area contributed by atoms with Crippen LogP contribution >= 0.6 is 0 Å². The minimum Gasteiger partial charge on any atom is -0.351 e. The van der Waals surface area contributed by atoms with Crippen molar-refractivity contribution in [3.05, 3.63) is 11.4 Å². The van der Waals surface area contributed by atoms with Gasteiger partial charge in [-0.1, -0.05) is 13.8 Å². The van der Waals surface area contributed by atoms with Crippen LogP contribution in [-0.4, -0.2) is 27.3 Å². The van der Waals surface area contributed by atoms with Crippen LogP contribution in [0.3, 0.4) is 0 Å². The van der Waals surface area contributed by atoms with Crippen molar-refractivity contribution in [1.29, 1.82) is 0 Å². The number of rotatable bonds is 5. The van der Waals surface area contributed by atoms with Gasteiger partial charge in [0.2, 0.25) is 5.95 Å². The van der Waals surface area contributed by atoms with Gasteiger partial charge in [-0.15, -0.1) is 5.10 Å². The number of aromatic nitrogens is 3. The van der Waals surface area contributed by atoms with Gasteiger partial charge in [-0.3, -0.25) is 0 Å². The first-order valence-corrected chi connectivity index (χ1v) is 5.71. The van der Waals surface area contributed by atoms with Gasteiger partial charge >= 0.3 is 0 Å². The highest BCUT2D eigenvalue weighted by Crippen LogP contribution is 2.12. The van der Waals surface area contributed by atoms with E-state index in [0.717, 1.165) is 24.2 Å². The molecule has 0 saturated carbocycles. The van der Waals surface area contributed by atoms with E-state index in [9.17, 15) is 0 Å². The molecule has 0 amide bonds. The summed E-state index contributed by atoms with van der Waals surface area (Å²) < 4.78 is 0. The predicted molar refractivity (Wildman–Crippen MR) is 65.3 cm³/mol. The van der Waals surface area contributed by atoms with Crippen molar-refractivity contribution in [2.75, 3.05) is 11.9 Å². The lowest BCUT2D eigenvalue weighted by atomic mass is 9.94. The fourth-order valence-corrected chi connectivity index (χ4v) is 1.29. The molecule has 5 nitrogen and oxygen atoms in total. The van der Waals surface area contributed by atoms with Crippen molar-refractivity contribution in [2.24, 2.45) is 5.73 Å². The zero-order valence-corrected chi connectivity index (χ0v) is 10.5. The second-order valence-electron chi connectivity index (χ2n) is 4.23. The third-order valence-corrected chi connectivity index (χ3v) is 3.10. The molecule has 0 fully saturated rings. The zero-order chi connectivity index (χ0) is 12.2. The molecular formula is C11H21N5. The summed E-state index contributed by atoms with van der Waals surface area (Å²) in [6.45, 7) is 8.66. The summed E-state index contributed by atoms with van der Waals surface area (Å²) in [4.78, 5) is 4.30. The molecule has 16 heavy (non-hydrogen) atoms. The lowest BCUT2D eigenvalue weighted by Crippen LogP contribution is -2.45. The topological polar surface area (TPSA) is 76.7 Å². The maximum Gasteiger partial charge on any atom is 0.243 e. The Morgan fingerprint density at radius 2 is 1.75 bits per heavy atom. The van der Waals surface area contributed by atoms with Crippen LogP contribution in [-0.2, 0) is 0 Å². The first kappa shape index (κ1) is 12.8. The summed E-state index contributed by atoms with van der Waals surface area (Å²) >= 11 is 0. The number of hydrogen-bond donors (Lipinski definition) is 2. The molecule has 0 unspecified atom stereocenters. The molecule has 0 bridgehead atoms. The Morgan fingerprint density at radius 3 is 2.25 bits per heavy atom. The van der Waals surface area contributed by atoms with Gasteiger partial charge in [0, 0.05) is 12.1 Å². The Kier molecular flexibility index (Phi) is 4.18. The number of nitrogens with zero attached hydrogens (tertiary/aromatic N) is 3. The van der Waals surface area contributed by atoms with Gasteiger partial charge < -0.3 is 11.1 Å². The van der Waals surface area contributed by atoms with Crippen molar-refractivity contribution in [3.8, 4) is 0 Å². The summed E-state index contributed by atoms with van der Waals surface area (Å²) in [5, 5.41) is 11.1. The highest BCUT2D eigenvalue weighted by atomic mass is 15.2. The van der Waals surface area contributed by atoms with Gasteiger partial charge in [-0.25, -0.2) is 4.98 Å². The fourth-order valence-electron chi connectivity index (χ4n) is 1.29. The average molecular weight is 223 g/mol. The molecule has 1 rings (SSSR count). The second kappa shape index (κ2) is 5.21. The van der Waals surface area contributed by atoms with Crippen molar-refractivity contribution in [1.82, 2.24) is 15.2 Å². The first-order valence-electron chi connectivity index (χ1n) is 5.71. The third kappa shape index (κ3) is 3.13. The summed E-state index contributed by atoms with van der Waals surface area (Å²) in [7, 11) is 0. The number of anilines is 1. The van der Waals surface area contributed by atoms with Gasteiger partial charge in [0.15, 0.2) is 0 Å². The molecule has 0 aliphatic carbocycles. The van der Waals surface area contributed by atoms with Crippen molar-refractivity contribution in [3.63, 3.8) is 0 Å². The van der Waals surface area contributed by atoms with E-state index in [2.05, 4.69) is 34.3 Å². The van der Waals surface area contributed by atoms with Crippen molar-refractivity contribution < 1.29 is 0 Å². The minimum absolute atomic E-state index is 0.192. The Hall–Kier alpha value is -1.23. The summed E-state index contributed by atoms with van der Waals surface area (Å²) in [6, 6.07) is 0. The average Bonchev–Trinajstić information content (AvgIpc) is 2.30.